The van der Waals surface area contributed by atoms with Gasteiger partial charge in [0.1, 0.15) is 11.5 Å². The van der Waals surface area contributed by atoms with E-state index < -0.39 is 17.8 Å². The number of hydrazine groups is 1. The van der Waals surface area contributed by atoms with Crippen LogP contribution in [0.2, 0.25) is 0 Å². The first-order chi connectivity index (χ1) is 16.8. The molecule has 35 heavy (non-hydrogen) atoms. The van der Waals surface area contributed by atoms with Crippen molar-refractivity contribution in [2.24, 2.45) is 5.92 Å². The lowest BCUT2D eigenvalue weighted by atomic mass is 10.1. The van der Waals surface area contributed by atoms with Crippen LogP contribution in [0, 0.1) is 5.92 Å². The molecular weight excluding hydrogens is 470 g/mol. The average Bonchev–Trinajstić information content (AvgIpc) is 2.85. The van der Waals surface area contributed by atoms with Gasteiger partial charge in [0.25, 0.3) is 11.8 Å². The lowest BCUT2D eigenvalue weighted by Gasteiger charge is -2.14. The Morgan fingerprint density at radius 1 is 0.943 bits per heavy atom. The molecule has 0 unspecified atom stereocenters. The van der Waals surface area contributed by atoms with Gasteiger partial charge in [-0.15, -0.1) is 0 Å². The molecule has 2 aromatic rings. The second-order valence-electron chi connectivity index (χ2n) is 7.93. The van der Waals surface area contributed by atoms with E-state index in [0.717, 1.165) is 12.8 Å². The second kappa shape index (κ2) is 14.6. The summed E-state index contributed by atoms with van der Waals surface area (Å²) in [7, 11) is 0. The Labute approximate surface area is 210 Å². The molecule has 0 aliphatic heterocycles. The largest absolute Gasteiger partial charge is 0.493 e. The zero-order valence-electron chi connectivity index (χ0n) is 20.1. The molecule has 2 aromatic carbocycles. The molecule has 0 aliphatic carbocycles. The van der Waals surface area contributed by atoms with Crippen molar-refractivity contribution < 1.29 is 28.6 Å². The Kier molecular flexibility index (Phi) is 11.5. The smallest absolute Gasteiger partial charge is 0.338 e. The van der Waals surface area contributed by atoms with E-state index in [-0.39, 0.29) is 11.7 Å². The normalized spacial score (nSPS) is 10.3. The van der Waals surface area contributed by atoms with Gasteiger partial charge in [0.05, 0.1) is 24.3 Å². The summed E-state index contributed by atoms with van der Waals surface area (Å²) in [6.07, 6.45) is 1.60. The number of nitrogens with one attached hydrogen (secondary N) is 3. The predicted molar refractivity (Wildman–Crippen MR) is 135 cm³/mol. The van der Waals surface area contributed by atoms with Crippen LogP contribution in [-0.2, 0) is 9.53 Å². The second-order valence-corrected chi connectivity index (χ2v) is 8.34. The number of ether oxygens (including phenoxy) is 3. The molecular formula is C25H31N3O6S. The minimum absolute atomic E-state index is 0.0877. The molecule has 188 valence electrons. The average molecular weight is 502 g/mol. The molecule has 0 saturated carbocycles. The number of esters is 1. The van der Waals surface area contributed by atoms with E-state index in [9.17, 15) is 14.4 Å². The fraction of sp³-hybridized carbons (Fsp3) is 0.360. The highest BCUT2D eigenvalue weighted by atomic mass is 32.1. The van der Waals surface area contributed by atoms with Gasteiger partial charge in [0.2, 0.25) is 0 Å². The Balaban J connectivity index is 1.76. The lowest BCUT2D eigenvalue weighted by molar-refractivity contribution is -0.123. The molecule has 3 N–H and O–H groups in total. The topological polar surface area (TPSA) is 115 Å². The Bertz CT molecular complexity index is 1010. The number of hydrogen-bond acceptors (Lipinski definition) is 7. The van der Waals surface area contributed by atoms with Gasteiger partial charge in [0.15, 0.2) is 11.7 Å². The fourth-order valence-electron chi connectivity index (χ4n) is 2.66. The van der Waals surface area contributed by atoms with E-state index in [1.807, 2.05) is 6.92 Å². The minimum Gasteiger partial charge on any atom is -0.493 e. The molecule has 0 bridgehead atoms. The van der Waals surface area contributed by atoms with Crippen molar-refractivity contribution in [2.75, 3.05) is 19.8 Å². The number of amides is 2. The van der Waals surface area contributed by atoms with Gasteiger partial charge >= 0.3 is 5.97 Å². The van der Waals surface area contributed by atoms with Crippen molar-refractivity contribution in [3.63, 3.8) is 0 Å². The molecule has 0 aliphatic rings. The summed E-state index contributed by atoms with van der Waals surface area (Å²) in [6, 6.07) is 13.1. The van der Waals surface area contributed by atoms with Gasteiger partial charge in [-0.2, -0.15) is 0 Å². The summed E-state index contributed by atoms with van der Waals surface area (Å²) in [5.41, 5.74) is 5.53. The van der Waals surface area contributed by atoms with Crippen molar-refractivity contribution in [1.82, 2.24) is 16.2 Å². The molecule has 0 aromatic heterocycles. The van der Waals surface area contributed by atoms with Crippen LogP contribution in [0.5, 0.6) is 11.5 Å². The van der Waals surface area contributed by atoms with Gasteiger partial charge in [-0.05, 0) is 67.4 Å². The molecule has 2 amide bonds. The summed E-state index contributed by atoms with van der Waals surface area (Å²) in [4.78, 5) is 36.4. The van der Waals surface area contributed by atoms with Crippen LogP contribution in [0.15, 0.2) is 48.5 Å². The SMILES string of the molecule is CCCOC(=O)c1ccc(OCC(=O)NNC(=S)NC(=O)c2ccccc2OCCC(C)C)cc1. The maximum absolute atomic E-state index is 12.6. The first-order valence-corrected chi connectivity index (χ1v) is 11.7. The van der Waals surface area contributed by atoms with Crippen LogP contribution >= 0.6 is 12.2 Å². The summed E-state index contributed by atoms with van der Waals surface area (Å²) < 4.78 is 16.2. The van der Waals surface area contributed by atoms with Crippen molar-refractivity contribution in [2.45, 2.75) is 33.6 Å². The van der Waals surface area contributed by atoms with Crippen LogP contribution in [0.1, 0.15) is 54.3 Å². The Morgan fingerprint density at radius 2 is 1.66 bits per heavy atom. The number of thiocarbonyl (C=S) groups is 1. The third kappa shape index (κ3) is 10.0. The number of carbonyl (C=O) groups is 3. The predicted octanol–water partition coefficient (Wildman–Crippen LogP) is 3.39. The van der Waals surface area contributed by atoms with Crippen molar-refractivity contribution in [3.8, 4) is 11.5 Å². The lowest BCUT2D eigenvalue weighted by Crippen LogP contribution is -2.49. The molecule has 0 radical (unpaired) electrons. The minimum atomic E-state index is -0.523. The summed E-state index contributed by atoms with van der Waals surface area (Å²) >= 11 is 5.08. The summed E-state index contributed by atoms with van der Waals surface area (Å²) in [6.45, 7) is 6.63. The Morgan fingerprint density at radius 3 is 2.34 bits per heavy atom. The van der Waals surface area contributed by atoms with Crippen molar-refractivity contribution in [1.29, 1.82) is 0 Å². The quantitative estimate of drug-likeness (QED) is 0.244. The molecule has 0 fully saturated rings. The first kappa shape index (κ1) is 27.6. The van der Waals surface area contributed by atoms with Gasteiger partial charge < -0.3 is 14.2 Å². The molecule has 0 spiro atoms. The number of hydrogen-bond donors (Lipinski definition) is 3. The van der Waals surface area contributed by atoms with Gasteiger partial charge in [-0.3, -0.25) is 25.8 Å². The third-order valence-corrected chi connectivity index (χ3v) is 4.73. The number of carbonyl (C=O) groups excluding carboxylic acids is 3. The van der Waals surface area contributed by atoms with E-state index in [0.29, 0.717) is 41.8 Å². The highest BCUT2D eigenvalue weighted by Crippen LogP contribution is 2.18. The first-order valence-electron chi connectivity index (χ1n) is 11.3. The molecule has 0 atom stereocenters. The standard InChI is InChI=1S/C25H31N3O6S/c1-4-14-33-24(31)18-9-11-19(12-10-18)34-16-22(29)27-28-25(35)26-23(30)20-7-5-6-8-21(20)32-15-13-17(2)3/h5-12,17H,4,13-16H2,1-3H3,(H,27,29)(H2,26,28,30,35). The van der Waals surface area contributed by atoms with Gasteiger partial charge in [-0.1, -0.05) is 32.9 Å². The van der Waals surface area contributed by atoms with Crippen LogP contribution in [-0.4, -0.2) is 42.7 Å². The van der Waals surface area contributed by atoms with E-state index in [2.05, 4.69) is 30.0 Å². The number of rotatable bonds is 11. The fourth-order valence-corrected chi connectivity index (χ4v) is 2.81. The van der Waals surface area contributed by atoms with Crippen molar-refractivity contribution in [3.05, 3.63) is 59.7 Å². The van der Waals surface area contributed by atoms with E-state index in [1.165, 1.54) is 0 Å². The zero-order chi connectivity index (χ0) is 25.6. The molecule has 9 nitrogen and oxygen atoms in total. The zero-order valence-corrected chi connectivity index (χ0v) is 20.9. The monoisotopic (exact) mass is 501 g/mol. The van der Waals surface area contributed by atoms with Crippen LogP contribution in [0.25, 0.3) is 0 Å². The van der Waals surface area contributed by atoms with Gasteiger partial charge in [-0.25, -0.2) is 4.79 Å². The molecule has 0 saturated heterocycles. The summed E-state index contributed by atoms with van der Waals surface area (Å²) in [5, 5.41) is 2.41. The van der Waals surface area contributed by atoms with E-state index >= 15 is 0 Å². The maximum Gasteiger partial charge on any atom is 0.338 e. The van der Waals surface area contributed by atoms with E-state index in [4.69, 9.17) is 26.4 Å². The summed E-state index contributed by atoms with van der Waals surface area (Å²) in [5.74, 6) is -0.0708. The number of para-hydroxylation sites is 1. The van der Waals surface area contributed by atoms with Gasteiger partial charge in [0, 0.05) is 0 Å². The van der Waals surface area contributed by atoms with Crippen LogP contribution in [0.4, 0.5) is 0 Å². The Hall–Kier alpha value is -3.66. The molecule has 10 heteroatoms. The van der Waals surface area contributed by atoms with E-state index in [1.54, 1.807) is 48.5 Å². The van der Waals surface area contributed by atoms with Crippen LogP contribution < -0.4 is 25.6 Å². The molecule has 2 rings (SSSR count). The molecule has 0 heterocycles. The third-order valence-electron chi connectivity index (χ3n) is 4.52. The van der Waals surface area contributed by atoms with Crippen molar-refractivity contribution >= 4 is 35.1 Å². The maximum atomic E-state index is 12.6. The number of benzene rings is 2. The highest BCUT2D eigenvalue weighted by Gasteiger charge is 2.14. The highest BCUT2D eigenvalue weighted by molar-refractivity contribution is 7.80. The van der Waals surface area contributed by atoms with Crippen LogP contribution in [0.3, 0.4) is 0 Å².